The van der Waals surface area contributed by atoms with Gasteiger partial charge in [0.2, 0.25) is 0 Å². The Morgan fingerprint density at radius 3 is 2.70 bits per heavy atom. The van der Waals surface area contributed by atoms with Gasteiger partial charge in [0.1, 0.15) is 0 Å². The third-order valence-corrected chi connectivity index (χ3v) is 4.28. The van der Waals surface area contributed by atoms with Gasteiger partial charge in [0.05, 0.1) is 12.1 Å². The van der Waals surface area contributed by atoms with E-state index < -0.39 is 0 Å². The van der Waals surface area contributed by atoms with Crippen molar-refractivity contribution in [3.8, 4) is 0 Å². The Labute approximate surface area is 144 Å². The normalized spacial score (nSPS) is 14.7. The molecule has 116 valence electrons. The van der Waals surface area contributed by atoms with Crippen LogP contribution in [0, 0.1) is 6.92 Å². The van der Waals surface area contributed by atoms with Crippen molar-refractivity contribution in [2.45, 2.75) is 13.3 Å². The summed E-state index contributed by atoms with van der Waals surface area (Å²) in [4.78, 5) is 11.9. The lowest BCUT2D eigenvalue weighted by Crippen LogP contribution is -2.25. The van der Waals surface area contributed by atoms with Crippen molar-refractivity contribution < 1.29 is 4.79 Å². The number of hydrogen-bond donors (Lipinski definition) is 2. The molecule has 0 saturated heterocycles. The Morgan fingerprint density at radius 2 is 1.91 bits per heavy atom. The standard InChI is InChI=1S/C17H14ClN3OS/c1-10-13(18)7-4-8-14(10)19-17(23)21-20-15-9-16(22)12-6-3-2-5-11(12)15/h2-8H,9H2,1H3,(H2,19,21,23). The van der Waals surface area contributed by atoms with E-state index in [-0.39, 0.29) is 12.2 Å². The number of fused-ring (bicyclic) bond motifs is 1. The van der Waals surface area contributed by atoms with Crippen LogP contribution in [0.2, 0.25) is 5.02 Å². The molecule has 3 rings (SSSR count). The highest BCUT2D eigenvalue weighted by molar-refractivity contribution is 7.80. The van der Waals surface area contributed by atoms with E-state index in [0.717, 1.165) is 16.8 Å². The number of benzene rings is 2. The van der Waals surface area contributed by atoms with Crippen LogP contribution in [0.5, 0.6) is 0 Å². The number of ketones is 1. The van der Waals surface area contributed by atoms with E-state index in [2.05, 4.69) is 15.8 Å². The SMILES string of the molecule is Cc1c(Cl)cccc1NC(=S)NN=C1CC(=O)c2ccccc21. The van der Waals surface area contributed by atoms with Gasteiger partial charge in [-0.1, -0.05) is 41.9 Å². The quantitative estimate of drug-likeness (QED) is 0.641. The number of hydrazone groups is 1. The third-order valence-electron chi connectivity index (χ3n) is 3.67. The maximum Gasteiger partial charge on any atom is 0.191 e. The Balaban J connectivity index is 1.72. The van der Waals surface area contributed by atoms with Crippen molar-refractivity contribution >= 4 is 46.1 Å². The number of nitrogens with one attached hydrogen (secondary N) is 2. The molecule has 0 amide bonds. The van der Waals surface area contributed by atoms with E-state index in [1.807, 2.05) is 49.4 Å². The van der Waals surface area contributed by atoms with Crippen molar-refractivity contribution in [2.24, 2.45) is 5.10 Å². The summed E-state index contributed by atoms with van der Waals surface area (Å²) in [6.07, 6.45) is 0.283. The average molecular weight is 344 g/mol. The van der Waals surface area contributed by atoms with Gasteiger partial charge in [-0.05, 0) is 36.8 Å². The van der Waals surface area contributed by atoms with Crippen LogP contribution in [0.15, 0.2) is 47.6 Å². The molecule has 23 heavy (non-hydrogen) atoms. The zero-order valence-electron chi connectivity index (χ0n) is 12.4. The lowest BCUT2D eigenvalue weighted by Gasteiger charge is -2.11. The zero-order valence-corrected chi connectivity index (χ0v) is 14.0. The van der Waals surface area contributed by atoms with Gasteiger partial charge in [-0.3, -0.25) is 10.2 Å². The topological polar surface area (TPSA) is 53.5 Å². The molecule has 0 heterocycles. The molecule has 0 fully saturated rings. The van der Waals surface area contributed by atoms with E-state index in [4.69, 9.17) is 23.8 Å². The molecule has 2 N–H and O–H groups in total. The van der Waals surface area contributed by atoms with Crippen molar-refractivity contribution in [1.82, 2.24) is 5.43 Å². The molecule has 1 aliphatic rings. The lowest BCUT2D eigenvalue weighted by atomic mass is 10.1. The molecule has 0 aromatic heterocycles. The second kappa shape index (κ2) is 6.48. The van der Waals surface area contributed by atoms with Gasteiger partial charge in [0.25, 0.3) is 0 Å². The van der Waals surface area contributed by atoms with Crippen LogP contribution < -0.4 is 10.7 Å². The molecule has 2 aromatic rings. The molecule has 0 spiro atoms. The number of carbonyl (C=O) groups excluding carboxylic acids is 1. The van der Waals surface area contributed by atoms with Crippen LogP contribution in [-0.2, 0) is 0 Å². The fraction of sp³-hybridized carbons (Fsp3) is 0.118. The van der Waals surface area contributed by atoms with Crippen LogP contribution in [0.3, 0.4) is 0 Å². The fourth-order valence-electron chi connectivity index (χ4n) is 2.43. The maximum atomic E-state index is 11.9. The van der Waals surface area contributed by atoms with Gasteiger partial charge in [0.15, 0.2) is 10.9 Å². The summed E-state index contributed by atoms with van der Waals surface area (Å²) in [6.45, 7) is 1.91. The Bertz CT molecular complexity index is 832. The monoisotopic (exact) mass is 343 g/mol. The predicted octanol–water partition coefficient (Wildman–Crippen LogP) is 3.93. The number of carbonyl (C=O) groups is 1. The molecule has 6 heteroatoms. The van der Waals surface area contributed by atoms with Crippen LogP contribution in [0.4, 0.5) is 5.69 Å². The number of halogens is 1. The highest BCUT2D eigenvalue weighted by Gasteiger charge is 2.24. The summed E-state index contributed by atoms with van der Waals surface area (Å²) < 4.78 is 0. The minimum Gasteiger partial charge on any atom is -0.331 e. The minimum absolute atomic E-state index is 0.0747. The zero-order chi connectivity index (χ0) is 16.4. The molecule has 0 radical (unpaired) electrons. The van der Waals surface area contributed by atoms with Crippen molar-refractivity contribution in [2.75, 3.05) is 5.32 Å². The summed E-state index contributed by atoms with van der Waals surface area (Å²) in [5.74, 6) is 0.0747. The number of rotatable bonds is 2. The molecule has 0 unspecified atom stereocenters. The molecule has 0 bridgehead atoms. The first-order valence-corrected chi connectivity index (χ1v) is 7.86. The van der Waals surface area contributed by atoms with Crippen LogP contribution in [0.25, 0.3) is 0 Å². The lowest BCUT2D eigenvalue weighted by molar-refractivity contribution is 0.101. The van der Waals surface area contributed by atoms with Crippen molar-refractivity contribution in [1.29, 1.82) is 0 Å². The Kier molecular flexibility index (Phi) is 4.41. The van der Waals surface area contributed by atoms with E-state index in [0.29, 0.717) is 21.4 Å². The first-order chi connectivity index (χ1) is 11.1. The first-order valence-electron chi connectivity index (χ1n) is 7.07. The van der Waals surface area contributed by atoms with Crippen LogP contribution >= 0.6 is 23.8 Å². The van der Waals surface area contributed by atoms with E-state index in [1.54, 1.807) is 0 Å². The fourth-order valence-corrected chi connectivity index (χ4v) is 2.76. The van der Waals surface area contributed by atoms with Gasteiger partial charge >= 0.3 is 0 Å². The largest absolute Gasteiger partial charge is 0.331 e. The summed E-state index contributed by atoms with van der Waals surface area (Å²) >= 11 is 11.3. The van der Waals surface area contributed by atoms with Gasteiger partial charge in [-0.15, -0.1) is 0 Å². The predicted molar refractivity (Wildman–Crippen MR) is 97.5 cm³/mol. The number of anilines is 1. The van der Waals surface area contributed by atoms with E-state index >= 15 is 0 Å². The van der Waals surface area contributed by atoms with Gasteiger partial charge in [-0.2, -0.15) is 5.10 Å². The number of thiocarbonyl (C=S) groups is 1. The Hall–Kier alpha value is -2.24. The summed E-state index contributed by atoms with van der Waals surface area (Å²) in [5.41, 5.74) is 6.77. The molecule has 0 aliphatic heterocycles. The van der Waals surface area contributed by atoms with Gasteiger partial charge in [0, 0.05) is 21.8 Å². The van der Waals surface area contributed by atoms with Crippen molar-refractivity contribution in [3.05, 3.63) is 64.2 Å². The Morgan fingerprint density at radius 1 is 1.17 bits per heavy atom. The minimum atomic E-state index is 0.0747. The number of nitrogens with zero attached hydrogens (tertiary/aromatic N) is 1. The molecule has 0 atom stereocenters. The smallest absolute Gasteiger partial charge is 0.191 e. The number of Topliss-reactive ketones (excluding diaryl/α,β-unsaturated/α-hetero) is 1. The second-order valence-corrected chi connectivity index (χ2v) is 6.00. The second-order valence-electron chi connectivity index (χ2n) is 5.18. The highest BCUT2D eigenvalue weighted by Crippen LogP contribution is 2.23. The van der Waals surface area contributed by atoms with Gasteiger partial charge in [-0.25, -0.2) is 0 Å². The average Bonchev–Trinajstić information content (AvgIpc) is 2.87. The van der Waals surface area contributed by atoms with Crippen molar-refractivity contribution in [3.63, 3.8) is 0 Å². The molecular weight excluding hydrogens is 330 g/mol. The molecule has 2 aromatic carbocycles. The first kappa shape index (κ1) is 15.6. The van der Waals surface area contributed by atoms with E-state index in [9.17, 15) is 4.79 Å². The molecule has 0 saturated carbocycles. The number of hydrogen-bond acceptors (Lipinski definition) is 3. The molecular formula is C17H14ClN3OS. The summed E-state index contributed by atoms with van der Waals surface area (Å²) in [5, 5.41) is 8.34. The summed E-state index contributed by atoms with van der Waals surface area (Å²) in [7, 11) is 0. The molecule has 1 aliphatic carbocycles. The maximum absolute atomic E-state index is 11.9. The highest BCUT2D eigenvalue weighted by atomic mass is 35.5. The van der Waals surface area contributed by atoms with Crippen LogP contribution in [0.1, 0.15) is 27.9 Å². The summed E-state index contributed by atoms with van der Waals surface area (Å²) in [6, 6.07) is 13.0. The van der Waals surface area contributed by atoms with E-state index in [1.165, 1.54) is 0 Å². The van der Waals surface area contributed by atoms with Gasteiger partial charge < -0.3 is 5.32 Å². The molecule has 4 nitrogen and oxygen atoms in total. The van der Waals surface area contributed by atoms with Crippen LogP contribution in [-0.4, -0.2) is 16.6 Å². The third kappa shape index (κ3) is 3.25.